The second-order valence-electron chi connectivity index (χ2n) is 3.78. The third-order valence-electron chi connectivity index (χ3n) is 2.60. The van der Waals surface area contributed by atoms with Gasteiger partial charge in [-0.25, -0.2) is 0 Å². The Morgan fingerprint density at radius 2 is 1.87 bits per heavy atom. The molecule has 0 N–H and O–H groups in total. The Balaban J connectivity index is 2.98. The SMILES string of the molecule is Cc1cc(Br)c2nc(C)c(C)c(Cl)c2c1. The van der Waals surface area contributed by atoms with Crippen LogP contribution in [0.1, 0.15) is 16.8 Å². The second kappa shape index (κ2) is 3.76. The van der Waals surface area contributed by atoms with E-state index in [1.807, 2.05) is 13.8 Å². The molecule has 0 spiro atoms. The maximum Gasteiger partial charge on any atom is 0.0862 e. The zero-order valence-corrected chi connectivity index (χ0v) is 11.2. The Hall–Kier alpha value is -0.600. The smallest absolute Gasteiger partial charge is 0.0862 e. The van der Waals surface area contributed by atoms with Gasteiger partial charge in [-0.1, -0.05) is 11.6 Å². The summed E-state index contributed by atoms with van der Waals surface area (Å²) in [5, 5.41) is 1.83. The van der Waals surface area contributed by atoms with E-state index in [1.54, 1.807) is 0 Å². The lowest BCUT2D eigenvalue weighted by Gasteiger charge is -2.09. The fourth-order valence-corrected chi connectivity index (χ4v) is 2.57. The summed E-state index contributed by atoms with van der Waals surface area (Å²) in [5.41, 5.74) is 4.16. The molecule has 0 unspecified atom stereocenters. The van der Waals surface area contributed by atoms with Crippen LogP contribution in [-0.4, -0.2) is 4.98 Å². The van der Waals surface area contributed by atoms with E-state index in [0.717, 1.165) is 31.7 Å². The van der Waals surface area contributed by atoms with Gasteiger partial charge in [0, 0.05) is 15.6 Å². The van der Waals surface area contributed by atoms with Crippen molar-refractivity contribution < 1.29 is 0 Å². The first kappa shape index (κ1) is 10.9. The van der Waals surface area contributed by atoms with Gasteiger partial charge >= 0.3 is 0 Å². The first-order valence-corrected chi connectivity index (χ1v) is 5.90. The van der Waals surface area contributed by atoms with Gasteiger partial charge in [0.15, 0.2) is 0 Å². The van der Waals surface area contributed by atoms with Gasteiger partial charge in [-0.05, 0) is 60.0 Å². The van der Waals surface area contributed by atoms with Gasteiger partial charge in [0.05, 0.1) is 10.5 Å². The zero-order chi connectivity index (χ0) is 11.2. The molecule has 0 radical (unpaired) electrons. The number of aromatic nitrogens is 1. The molecule has 78 valence electrons. The minimum absolute atomic E-state index is 0.807. The van der Waals surface area contributed by atoms with E-state index < -0.39 is 0 Å². The van der Waals surface area contributed by atoms with Gasteiger partial charge in [-0.15, -0.1) is 0 Å². The van der Waals surface area contributed by atoms with E-state index in [4.69, 9.17) is 11.6 Å². The number of pyridine rings is 1. The number of halogens is 2. The zero-order valence-electron chi connectivity index (χ0n) is 8.86. The molecule has 0 atom stereocenters. The fraction of sp³-hybridized carbons (Fsp3) is 0.250. The molecule has 0 aliphatic rings. The lowest BCUT2D eigenvalue weighted by molar-refractivity contribution is 1.19. The van der Waals surface area contributed by atoms with Gasteiger partial charge in [-0.2, -0.15) is 0 Å². The molecule has 0 saturated heterocycles. The number of aryl methyl sites for hydroxylation is 2. The van der Waals surface area contributed by atoms with Crippen LogP contribution >= 0.6 is 27.5 Å². The third kappa shape index (κ3) is 1.77. The van der Waals surface area contributed by atoms with E-state index >= 15 is 0 Å². The van der Waals surface area contributed by atoms with Crippen molar-refractivity contribution in [1.29, 1.82) is 0 Å². The van der Waals surface area contributed by atoms with Crippen molar-refractivity contribution in [1.82, 2.24) is 4.98 Å². The van der Waals surface area contributed by atoms with Crippen LogP contribution in [0.4, 0.5) is 0 Å². The topological polar surface area (TPSA) is 12.9 Å². The molecular weight excluding hydrogens is 273 g/mol. The molecule has 1 nitrogen and oxygen atoms in total. The highest BCUT2D eigenvalue weighted by molar-refractivity contribution is 9.10. The second-order valence-corrected chi connectivity index (χ2v) is 5.01. The molecule has 0 fully saturated rings. The van der Waals surface area contributed by atoms with Crippen molar-refractivity contribution in [2.45, 2.75) is 20.8 Å². The normalized spacial score (nSPS) is 11.0. The standard InChI is InChI=1S/C12H11BrClN/c1-6-4-9-11(14)7(2)8(3)15-12(9)10(13)5-6/h4-5H,1-3H3. The Bertz CT molecular complexity index is 549. The van der Waals surface area contributed by atoms with Crippen LogP contribution < -0.4 is 0 Å². The fourth-order valence-electron chi connectivity index (χ4n) is 1.63. The van der Waals surface area contributed by atoms with Gasteiger partial charge in [0.2, 0.25) is 0 Å². The molecule has 15 heavy (non-hydrogen) atoms. The van der Waals surface area contributed by atoms with Crippen molar-refractivity contribution >= 4 is 38.4 Å². The number of nitrogens with zero attached hydrogens (tertiary/aromatic N) is 1. The summed E-state index contributed by atoms with van der Waals surface area (Å²) >= 11 is 9.83. The molecule has 0 bridgehead atoms. The van der Waals surface area contributed by atoms with Crippen molar-refractivity contribution in [3.63, 3.8) is 0 Å². The van der Waals surface area contributed by atoms with Crippen molar-refractivity contribution in [3.8, 4) is 0 Å². The third-order valence-corrected chi connectivity index (χ3v) is 3.69. The summed E-state index contributed by atoms with van der Waals surface area (Å²) in [6, 6.07) is 4.13. The van der Waals surface area contributed by atoms with Crippen LogP contribution in [-0.2, 0) is 0 Å². The Kier molecular flexibility index (Phi) is 2.73. The molecule has 0 aliphatic carbocycles. The summed E-state index contributed by atoms with van der Waals surface area (Å²) in [7, 11) is 0. The number of hydrogen-bond acceptors (Lipinski definition) is 1. The molecular formula is C12H11BrClN. The Morgan fingerprint density at radius 3 is 2.53 bits per heavy atom. The van der Waals surface area contributed by atoms with Crippen LogP contribution in [0.25, 0.3) is 10.9 Å². The van der Waals surface area contributed by atoms with Crippen LogP contribution in [0, 0.1) is 20.8 Å². The van der Waals surface area contributed by atoms with E-state index in [2.05, 4.69) is 40.0 Å². The maximum atomic E-state index is 6.31. The lowest BCUT2D eigenvalue weighted by Crippen LogP contribution is -1.92. The average molecular weight is 285 g/mol. The summed E-state index contributed by atoms with van der Waals surface area (Å²) in [6.07, 6.45) is 0. The minimum atomic E-state index is 0.807. The monoisotopic (exact) mass is 283 g/mol. The predicted molar refractivity (Wildman–Crippen MR) is 68.7 cm³/mol. The molecule has 0 aliphatic heterocycles. The van der Waals surface area contributed by atoms with E-state index in [0.29, 0.717) is 0 Å². The van der Waals surface area contributed by atoms with Crippen LogP contribution in [0.2, 0.25) is 5.02 Å². The summed E-state index contributed by atoms with van der Waals surface area (Å²) in [4.78, 5) is 4.55. The molecule has 0 saturated carbocycles. The highest BCUT2D eigenvalue weighted by Gasteiger charge is 2.10. The van der Waals surface area contributed by atoms with E-state index in [-0.39, 0.29) is 0 Å². The number of hydrogen-bond donors (Lipinski definition) is 0. The maximum absolute atomic E-state index is 6.31. The molecule has 1 heterocycles. The molecule has 3 heteroatoms. The van der Waals surface area contributed by atoms with Crippen LogP contribution in [0.5, 0.6) is 0 Å². The first-order valence-electron chi connectivity index (χ1n) is 4.73. The quantitative estimate of drug-likeness (QED) is 0.690. The molecule has 0 amide bonds. The van der Waals surface area contributed by atoms with Crippen LogP contribution in [0.3, 0.4) is 0 Å². The summed E-state index contributed by atoms with van der Waals surface area (Å²) in [6.45, 7) is 6.03. The largest absolute Gasteiger partial charge is 0.252 e. The van der Waals surface area contributed by atoms with Crippen molar-refractivity contribution in [2.24, 2.45) is 0 Å². The van der Waals surface area contributed by atoms with Gasteiger partial charge in [-0.3, -0.25) is 4.98 Å². The minimum Gasteiger partial charge on any atom is -0.252 e. The number of fused-ring (bicyclic) bond motifs is 1. The Labute approximate surface area is 103 Å². The highest BCUT2D eigenvalue weighted by atomic mass is 79.9. The number of benzene rings is 1. The van der Waals surface area contributed by atoms with Crippen molar-refractivity contribution in [2.75, 3.05) is 0 Å². The summed E-state index contributed by atoms with van der Waals surface area (Å²) in [5.74, 6) is 0. The molecule has 2 rings (SSSR count). The molecule has 2 aromatic rings. The predicted octanol–water partition coefficient (Wildman–Crippen LogP) is 4.58. The Morgan fingerprint density at radius 1 is 1.20 bits per heavy atom. The number of rotatable bonds is 0. The van der Waals surface area contributed by atoms with Crippen LogP contribution in [0.15, 0.2) is 16.6 Å². The van der Waals surface area contributed by atoms with Gasteiger partial charge in [0.25, 0.3) is 0 Å². The first-order chi connectivity index (χ1) is 7.00. The average Bonchev–Trinajstić information content (AvgIpc) is 2.17. The summed E-state index contributed by atoms with van der Waals surface area (Å²) < 4.78 is 1.00. The van der Waals surface area contributed by atoms with E-state index in [1.165, 1.54) is 5.56 Å². The van der Waals surface area contributed by atoms with Crippen molar-refractivity contribution in [3.05, 3.63) is 38.4 Å². The highest BCUT2D eigenvalue weighted by Crippen LogP contribution is 2.32. The lowest BCUT2D eigenvalue weighted by atomic mass is 10.1. The van der Waals surface area contributed by atoms with E-state index in [9.17, 15) is 0 Å². The molecule has 1 aromatic carbocycles. The van der Waals surface area contributed by atoms with Gasteiger partial charge < -0.3 is 0 Å². The van der Waals surface area contributed by atoms with Gasteiger partial charge in [0.1, 0.15) is 0 Å². The molecule has 1 aromatic heterocycles.